The fourth-order valence-corrected chi connectivity index (χ4v) is 3.53. The van der Waals surface area contributed by atoms with Gasteiger partial charge in [0.15, 0.2) is 0 Å². The maximum atomic E-state index is 12.4. The Morgan fingerprint density at radius 3 is 2.37 bits per heavy atom. The van der Waals surface area contributed by atoms with E-state index in [2.05, 4.69) is 27.7 Å². The Bertz CT molecular complexity index is 621. The van der Waals surface area contributed by atoms with Gasteiger partial charge in [0.25, 0.3) is 0 Å². The fourth-order valence-electron chi connectivity index (χ4n) is 3.53. The first-order chi connectivity index (χ1) is 13.1. The first-order valence-electron chi connectivity index (χ1n) is 9.82. The Kier molecular flexibility index (Phi) is 7.06. The lowest BCUT2D eigenvalue weighted by Crippen LogP contribution is -2.54. The number of carbonyl (C=O) groups excluding carboxylic acids is 2. The predicted octanol–water partition coefficient (Wildman–Crippen LogP) is 1.69. The van der Waals surface area contributed by atoms with Crippen LogP contribution in [0.3, 0.4) is 0 Å². The molecular formula is C20H30N4O3. The minimum Gasteiger partial charge on any atom is -0.381 e. The number of amides is 3. The Morgan fingerprint density at radius 1 is 1.07 bits per heavy atom. The zero-order chi connectivity index (χ0) is 19.1. The minimum atomic E-state index is -0.0542. The summed E-state index contributed by atoms with van der Waals surface area (Å²) in [5.74, 6) is -0.0542. The number of urea groups is 1. The molecular weight excluding hydrogens is 344 g/mol. The molecule has 1 aromatic rings. The topological polar surface area (TPSA) is 73.9 Å². The van der Waals surface area contributed by atoms with Crippen molar-refractivity contribution in [1.82, 2.24) is 15.1 Å². The van der Waals surface area contributed by atoms with Crippen LogP contribution in [0.1, 0.15) is 25.3 Å². The summed E-state index contributed by atoms with van der Waals surface area (Å²) in [7, 11) is 0. The molecule has 2 fully saturated rings. The number of rotatable bonds is 5. The van der Waals surface area contributed by atoms with Gasteiger partial charge in [0.05, 0.1) is 0 Å². The average Bonchev–Trinajstić information content (AvgIpc) is 2.68. The molecule has 2 aliphatic rings. The molecule has 0 aromatic heterocycles. The van der Waals surface area contributed by atoms with Crippen molar-refractivity contribution >= 4 is 17.6 Å². The molecule has 0 radical (unpaired) electrons. The lowest BCUT2D eigenvalue weighted by molar-refractivity contribution is -0.114. The maximum Gasteiger partial charge on any atom is 0.317 e. The van der Waals surface area contributed by atoms with Crippen LogP contribution in [0.5, 0.6) is 0 Å². The van der Waals surface area contributed by atoms with E-state index < -0.39 is 0 Å². The Hall–Kier alpha value is -2.12. The standard InChI is InChI=1S/C20H30N4O3/c1-16(25)21-18-4-2-17(3-5-18)6-9-23-10-12-24(13-11-23)20(26)22-19-7-14-27-15-8-19/h2-5,19H,6-15H2,1H3,(H,21,25)(H,22,26). The molecule has 3 rings (SSSR count). The largest absolute Gasteiger partial charge is 0.381 e. The minimum absolute atomic E-state index is 0.0542. The van der Waals surface area contributed by atoms with Crippen molar-refractivity contribution in [3.63, 3.8) is 0 Å². The fraction of sp³-hybridized carbons (Fsp3) is 0.600. The van der Waals surface area contributed by atoms with Crippen LogP contribution < -0.4 is 10.6 Å². The summed E-state index contributed by atoms with van der Waals surface area (Å²) in [5, 5.41) is 5.92. The van der Waals surface area contributed by atoms with Gasteiger partial charge in [-0.2, -0.15) is 0 Å². The van der Waals surface area contributed by atoms with E-state index in [1.807, 2.05) is 17.0 Å². The number of hydrogen-bond donors (Lipinski definition) is 2. The quantitative estimate of drug-likeness (QED) is 0.823. The van der Waals surface area contributed by atoms with E-state index in [1.165, 1.54) is 12.5 Å². The first-order valence-corrected chi connectivity index (χ1v) is 9.82. The zero-order valence-electron chi connectivity index (χ0n) is 16.1. The van der Waals surface area contributed by atoms with E-state index in [-0.39, 0.29) is 18.0 Å². The zero-order valence-corrected chi connectivity index (χ0v) is 16.1. The van der Waals surface area contributed by atoms with Gasteiger partial charge in [-0.25, -0.2) is 4.79 Å². The van der Waals surface area contributed by atoms with Crippen molar-refractivity contribution < 1.29 is 14.3 Å². The van der Waals surface area contributed by atoms with E-state index in [9.17, 15) is 9.59 Å². The number of benzene rings is 1. The molecule has 0 bridgehead atoms. The van der Waals surface area contributed by atoms with Gasteiger partial charge < -0.3 is 20.3 Å². The molecule has 1 aromatic carbocycles. The molecule has 0 aliphatic carbocycles. The molecule has 0 saturated carbocycles. The van der Waals surface area contributed by atoms with Gasteiger partial charge in [-0.05, 0) is 37.0 Å². The molecule has 148 valence electrons. The molecule has 2 aliphatic heterocycles. The highest BCUT2D eigenvalue weighted by Crippen LogP contribution is 2.12. The van der Waals surface area contributed by atoms with Crippen LogP contribution in [-0.2, 0) is 16.0 Å². The lowest BCUT2D eigenvalue weighted by Gasteiger charge is -2.36. The SMILES string of the molecule is CC(=O)Nc1ccc(CCN2CCN(C(=O)NC3CCOCC3)CC2)cc1. The third kappa shape index (κ3) is 6.22. The van der Waals surface area contributed by atoms with Gasteiger partial charge >= 0.3 is 6.03 Å². The first kappa shape index (κ1) is 19.6. The normalized spacial score (nSPS) is 18.9. The molecule has 2 N–H and O–H groups in total. The predicted molar refractivity (Wildman–Crippen MR) is 105 cm³/mol. The third-order valence-corrected chi connectivity index (χ3v) is 5.20. The van der Waals surface area contributed by atoms with Crippen LogP contribution in [0, 0.1) is 0 Å². The molecule has 0 atom stereocenters. The maximum absolute atomic E-state index is 12.4. The van der Waals surface area contributed by atoms with Crippen LogP contribution >= 0.6 is 0 Å². The summed E-state index contributed by atoms with van der Waals surface area (Å²) in [6.45, 7) is 7.34. The number of nitrogens with zero attached hydrogens (tertiary/aromatic N) is 2. The van der Waals surface area contributed by atoms with Gasteiger partial charge in [0, 0.05) is 64.6 Å². The van der Waals surface area contributed by atoms with Crippen LogP contribution in [-0.4, -0.2) is 73.7 Å². The highest BCUT2D eigenvalue weighted by atomic mass is 16.5. The van der Waals surface area contributed by atoms with Crippen molar-refractivity contribution in [2.45, 2.75) is 32.2 Å². The molecule has 0 unspecified atom stereocenters. The van der Waals surface area contributed by atoms with Crippen molar-refractivity contribution in [1.29, 1.82) is 0 Å². The molecule has 3 amide bonds. The number of hydrogen-bond acceptors (Lipinski definition) is 4. The molecule has 2 heterocycles. The van der Waals surface area contributed by atoms with Crippen LogP contribution in [0.2, 0.25) is 0 Å². The van der Waals surface area contributed by atoms with Gasteiger partial charge in [0.2, 0.25) is 5.91 Å². The van der Waals surface area contributed by atoms with Gasteiger partial charge in [0.1, 0.15) is 0 Å². The highest BCUT2D eigenvalue weighted by molar-refractivity contribution is 5.88. The Balaban J connectivity index is 1.36. The molecule has 7 heteroatoms. The lowest BCUT2D eigenvalue weighted by atomic mass is 10.1. The molecule has 7 nitrogen and oxygen atoms in total. The van der Waals surface area contributed by atoms with Gasteiger partial charge in [-0.3, -0.25) is 9.69 Å². The monoisotopic (exact) mass is 374 g/mol. The number of anilines is 1. The third-order valence-electron chi connectivity index (χ3n) is 5.20. The molecule has 2 saturated heterocycles. The van der Waals surface area contributed by atoms with E-state index in [0.29, 0.717) is 0 Å². The summed E-state index contributed by atoms with van der Waals surface area (Å²) in [6, 6.07) is 8.32. The Labute approximate surface area is 161 Å². The number of nitrogens with one attached hydrogen (secondary N) is 2. The van der Waals surface area contributed by atoms with E-state index in [0.717, 1.165) is 70.9 Å². The van der Waals surface area contributed by atoms with Crippen molar-refractivity contribution in [2.75, 3.05) is 51.3 Å². The van der Waals surface area contributed by atoms with Gasteiger partial charge in [-0.1, -0.05) is 12.1 Å². The number of ether oxygens (including phenoxy) is 1. The van der Waals surface area contributed by atoms with Crippen molar-refractivity contribution in [2.24, 2.45) is 0 Å². The van der Waals surface area contributed by atoms with Crippen LogP contribution in [0.15, 0.2) is 24.3 Å². The van der Waals surface area contributed by atoms with Crippen molar-refractivity contribution in [3.8, 4) is 0 Å². The molecule has 27 heavy (non-hydrogen) atoms. The van der Waals surface area contributed by atoms with Crippen molar-refractivity contribution in [3.05, 3.63) is 29.8 Å². The molecule has 0 spiro atoms. The second-order valence-corrected chi connectivity index (χ2v) is 7.29. The summed E-state index contributed by atoms with van der Waals surface area (Å²) in [5.41, 5.74) is 2.08. The summed E-state index contributed by atoms with van der Waals surface area (Å²) < 4.78 is 5.34. The average molecular weight is 374 g/mol. The van der Waals surface area contributed by atoms with E-state index >= 15 is 0 Å². The smallest absolute Gasteiger partial charge is 0.317 e. The van der Waals surface area contributed by atoms with E-state index in [4.69, 9.17) is 4.74 Å². The summed E-state index contributed by atoms with van der Waals surface area (Å²) >= 11 is 0. The number of piperazine rings is 1. The second kappa shape index (κ2) is 9.71. The summed E-state index contributed by atoms with van der Waals surface area (Å²) in [6.07, 6.45) is 2.79. The van der Waals surface area contributed by atoms with E-state index in [1.54, 1.807) is 0 Å². The number of carbonyl (C=O) groups is 2. The van der Waals surface area contributed by atoms with Crippen LogP contribution in [0.25, 0.3) is 0 Å². The Morgan fingerprint density at radius 2 is 1.74 bits per heavy atom. The second-order valence-electron chi connectivity index (χ2n) is 7.29. The van der Waals surface area contributed by atoms with Gasteiger partial charge in [-0.15, -0.1) is 0 Å². The van der Waals surface area contributed by atoms with Crippen LogP contribution in [0.4, 0.5) is 10.5 Å². The highest BCUT2D eigenvalue weighted by Gasteiger charge is 2.23. The summed E-state index contributed by atoms with van der Waals surface area (Å²) in [4.78, 5) is 27.8.